The first-order chi connectivity index (χ1) is 11.2. The molecule has 0 unspecified atom stereocenters. The zero-order chi connectivity index (χ0) is 17.6. The third-order valence-electron chi connectivity index (χ3n) is 4.23. The Morgan fingerprint density at radius 3 is 2.50 bits per heavy atom. The minimum Gasteiger partial charge on any atom is -0.315 e. The van der Waals surface area contributed by atoms with Crippen molar-refractivity contribution in [1.82, 2.24) is 9.55 Å². The molecule has 124 valence electrons. The molecule has 3 aromatic rings. The summed E-state index contributed by atoms with van der Waals surface area (Å²) in [5.74, 6) is 0. The number of benzene rings is 1. The van der Waals surface area contributed by atoms with Crippen LogP contribution in [0.2, 0.25) is 0 Å². The number of fused-ring (bicyclic) bond motifs is 1. The molecule has 0 amide bonds. The molecular formula is C18H15F3N2O. The summed E-state index contributed by atoms with van der Waals surface area (Å²) in [5.41, 5.74) is -0.246. The Labute approximate surface area is 136 Å². The molecule has 0 bridgehead atoms. The number of rotatable bonds is 1. The number of aryl methyl sites for hydroxylation is 2. The molecular weight excluding hydrogens is 317 g/mol. The van der Waals surface area contributed by atoms with Crippen LogP contribution in [-0.2, 0) is 13.2 Å². The average molecular weight is 332 g/mol. The lowest BCUT2D eigenvalue weighted by molar-refractivity contribution is -0.137. The molecule has 0 spiro atoms. The van der Waals surface area contributed by atoms with Crippen molar-refractivity contribution in [2.45, 2.75) is 20.0 Å². The van der Waals surface area contributed by atoms with Crippen LogP contribution in [0.1, 0.15) is 16.8 Å². The van der Waals surface area contributed by atoms with Crippen molar-refractivity contribution in [2.24, 2.45) is 7.05 Å². The van der Waals surface area contributed by atoms with Gasteiger partial charge in [0.2, 0.25) is 0 Å². The molecule has 2 heterocycles. The number of pyridine rings is 2. The predicted octanol–water partition coefficient (Wildman–Crippen LogP) is 4.24. The highest BCUT2D eigenvalue weighted by atomic mass is 19.4. The number of hydrogen-bond donors (Lipinski definition) is 0. The average Bonchev–Trinajstić information content (AvgIpc) is 2.53. The van der Waals surface area contributed by atoms with E-state index >= 15 is 0 Å². The Morgan fingerprint density at radius 2 is 1.83 bits per heavy atom. The van der Waals surface area contributed by atoms with Crippen LogP contribution >= 0.6 is 0 Å². The van der Waals surface area contributed by atoms with Crippen molar-refractivity contribution in [3.8, 4) is 11.1 Å². The van der Waals surface area contributed by atoms with Crippen molar-refractivity contribution in [1.29, 1.82) is 0 Å². The summed E-state index contributed by atoms with van der Waals surface area (Å²) in [4.78, 5) is 16.8. The van der Waals surface area contributed by atoms with Gasteiger partial charge in [0, 0.05) is 29.9 Å². The van der Waals surface area contributed by atoms with E-state index in [1.807, 2.05) is 6.92 Å². The van der Waals surface area contributed by atoms with E-state index in [4.69, 9.17) is 0 Å². The number of alkyl halides is 3. The first-order valence-corrected chi connectivity index (χ1v) is 7.34. The molecule has 6 heteroatoms. The molecule has 0 N–H and O–H groups in total. The molecule has 0 saturated heterocycles. The van der Waals surface area contributed by atoms with Crippen LogP contribution in [0.25, 0.3) is 22.0 Å². The number of hydrogen-bond acceptors (Lipinski definition) is 2. The summed E-state index contributed by atoms with van der Waals surface area (Å²) < 4.78 is 41.8. The molecule has 3 nitrogen and oxygen atoms in total. The normalized spacial score (nSPS) is 11.9. The van der Waals surface area contributed by atoms with Gasteiger partial charge >= 0.3 is 6.18 Å². The Kier molecular flexibility index (Phi) is 3.70. The van der Waals surface area contributed by atoms with E-state index in [2.05, 4.69) is 4.98 Å². The Bertz CT molecular complexity index is 1000. The highest BCUT2D eigenvalue weighted by molar-refractivity contribution is 5.96. The lowest BCUT2D eigenvalue weighted by atomic mass is 9.95. The van der Waals surface area contributed by atoms with Crippen LogP contribution in [0.15, 0.2) is 41.3 Å². The number of nitrogens with zero attached hydrogens (tertiary/aromatic N) is 2. The third-order valence-corrected chi connectivity index (χ3v) is 4.23. The van der Waals surface area contributed by atoms with Gasteiger partial charge in [-0.05, 0) is 31.5 Å². The van der Waals surface area contributed by atoms with Crippen LogP contribution < -0.4 is 5.56 Å². The van der Waals surface area contributed by atoms with E-state index in [9.17, 15) is 18.0 Å². The maximum atomic E-state index is 13.5. The second-order valence-electron chi connectivity index (χ2n) is 5.77. The summed E-state index contributed by atoms with van der Waals surface area (Å²) in [6.07, 6.45) is -3.11. The molecule has 0 fully saturated rings. The van der Waals surface area contributed by atoms with Crippen LogP contribution in [-0.4, -0.2) is 9.55 Å². The van der Waals surface area contributed by atoms with E-state index in [-0.39, 0.29) is 16.8 Å². The van der Waals surface area contributed by atoms with Gasteiger partial charge in [0.25, 0.3) is 5.56 Å². The zero-order valence-corrected chi connectivity index (χ0v) is 13.4. The van der Waals surface area contributed by atoms with E-state index in [1.54, 1.807) is 18.2 Å². The molecule has 0 radical (unpaired) electrons. The van der Waals surface area contributed by atoms with Gasteiger partial charge in [-0.25, -0.2) is 0 Å². The van der Waals surface area contributed by atoms with Crippen LogP contribution in [0.4, 0.5) is 13.2 Å². The Hall–Kier alpha value is -2.63. The Morgan fingerprint density at radius 1 is 1.12 bits per heavy atom. The van der Waals surface area contributed by atoms with Gasteiger partial charge in [0.1, 0.15) is 0 Å². The minimum atomic E-state index is -4.63. The molecule has 2 aromatic heterocycles. The van der Waals surface area contributed by atoms with Crippen molar-refractivity contribution in [3.05, 3.63) is 63.7 Å². The summed E-state index contributed by atoms with van der Waals surface area (Å²) in [6, 6.07) is 7.75. The van der Waals surface area contributed by atoms with E-state index < -0.39 is 17.3 Å². The second-order valence-corrected chi connectivity index (χ2v) is 5.77. The summed E-state index contributed by atoms with van der Waals surface area (Å²) in [7, 11) is 1.46. The SMILES string of the molecule is Cc1ccc(-c2c(C(F)(F)F)cc(C)n(C)c2=O)c2ncccc12. The van der Waals surface area contributed by atoms with Crippen LogP contribution in [0, 0.1) is 13.8 Å². The third kappa shape index (κ3) is 2.48. The smallest absolute Gasteiger partial charge is 0.315 e. The fraction of sp³-hybridized carbons (Fsp3) is 0.222. The summed E-state index contributed by atoms with van der Waals surface area (Å²) >= 11 is 0. The first kappa shape index (κ1) is 16.2. The number of halogens is 3. The molecule has 0 aliphatic heterocycles. The molecule has 1 aromatic carbocycles. The monoisotopic (exact) mass is 332 g/mol. The van der Waals surface area contributed by atoms with Gasteiger partial charge in [-0.3, -0.25) is 9.78 Å². The van der Waals surface area contributed by atoms with E-state index in [0.29, 0.717) is 5.52 Å². The molecule has 0 aliphatic carbocycles. The van der Waals surface area contributed by atoms with Crippen molar-refractivity contribution < 1.29 is 13.2 Å². The van der Waals surface area contributed by atoms with Crippen molar-refractivity contribution >= 4 is 10.9 Å². The van der Waals surface area contributed by atoms with Crippen molar-refractivity contribution in [3.63, 3.8) is 0 Å². The van der Waals surface area contributed by atoms with Crippen molar-refractivity contribution in [2.75, 3.05) is 0 Å². The fourth-order valence-electron chi connectivity index (χ4n) is 2.82. The molecule has 0 saturated carbocycles. The van der Waals surface area contributed by atoms with Gasteiger partial charge in [-0.15, -0.1) is 0 Å². The van der Waals surface area contributed by atoms with Crippen LogP contribution in [0.3, 0.4) is 0 Å². The van der Waals surface area contributed by atoms with Gasteiger partial charge in [-0.1, -0.05) is 18.2 Å². The molecule has 3 rings (SSSR count). The van der Waals surface area contributed by atoms with Gasteiger partial charge in [0.15, 0.2) is 0 Å². The summed E-state index contributed by atoms with van der Waals surface area (Å²) in [5, 5.41) is 0.728. The fourth-order valence-corrected chi connectivity index (χ4v) is 2.82. The minimum absolute atomic E-state index is 0.198. The molecule has 24 heavy (non-hydrogen) atoms. The number of aromatic nitrogens is 2. The Balaban J connectivity index is 2.50. The van der Waals surface area contributed by atoms with Gasteiger partial charge in [0.05, 0.1) is 16.6 Å². The van der Waals surface area contributed by atoms with Gasteiger partial charge in [-0.2, -0.15) is 13.2 Å². The molecule has 0 aliphatic rings. The standard InChI is InChI=1S/C18H15F3N2O/c1-10-6-7-13(16-12(10)5-4-8-22-16)15-14(18(19,20)21)9-11(2)23(3)17(15)24/h4-9H,1-3H3. The lowest BCUT2D eigenvalue weighted by Gasteiger charge is -2.17. The topological polar surface area (TPSA) is 34.9 Å². The highest BCUT2D eigenvalue weighted by Gasteiger charge is 2.36. The van der Waals surface area contributed by atoms with E-state index in [1.165, 1.54) is 30.8 Å². The largest absolute Gasteiger partial charge is 0.417 e. The maximum Gasteiger partial charge on any atom is 0.417 e. The zero-order valence-electron chi connectivity index (χ0n) is 13.4. The first-order valence-electron chi connectivity index (χ1n) is 7.34. The lowest BCUT2D eigenvalue weighted by Crippen LogP contribution is -2.25. The quantitative estimate of drug-likeness (QED) is 0.668. The molecule has 0 atom stereocenters. The predicted molar refractivity (Wildman–Crippen MR) is 86.9 cm³/mol. The summed E-state index contributed by atoms with van der Waals surface area (Å²) in [6.45, 7) is 3.33. The highest BCUT2D eigenvalue weighted by Crippen LogP contribution is 2.38. The maximum absolute atomic E-state index is 13.5. The van der Waals surface area contributed by atoms with Gasteiger partial charge < -0.3 is 4.57 Å². The van der Waals surface area contributed by atoms with E-state index in [0.717, 1.165) is 17.0 Å². The van der Waals surface area contributed by atoms with Crippen LogP contribution in [0.5, 0.6) is 0 Å². The second kappa shape index (κ2) is 5.47.